The molecular formula is C18H27N3O. The lowest BCUT2D eigenvalue weighted by atomic mass is 10.1. The van der Waals surface area contributed by atoms with Gasteiger partial charge in [0, 0.05) is 12.6 Å². The third-order valence-corrected chi connectivity index (χ3v) is 3.52. The highest BCUT2D eigenvalue weighted by Gasteiger charge is 2.11. The molecule has 0 unspecified atom stereocenters. The lowest BCUT2D eigenvalue weighted by molar-refractivity contribution is 0.328. The molecule has 1 aliphatic rings. The van der Waals surface area contributed by atoms with Crippen LogP contribution < -0.4 is 15.4 Å². The lowest BCUT2D eigenvalue weighted by Crippen LogP contribution is -2.42. The third-order valence-electron chi connectivity index (χ3n) is 3.52. The molecule has 0 bridgehead atoms. The van der Waals surface area contributed by atoms with E-state index in [1.807, 2.05) is 0 Å². The monoisotopic (exact) mass is 301 g/mol. The second kappa shape index (κ2) is 8.47. The first kappa shape index (κ1) is 16.4. The molecule has 0 aliphatic heterocycles. The Hall–Kier alpha value is -1.97. The molecule has 4 nitrogen and oxygen atoms in total. The zero-order valence-corrected chi connectivity index (χ0v) is 13.9. The second-order valence-corrected chi connectivity index (χ2v) is 5.72. The normalized spacial score (nSPS) is 15.1. The molecule has 0 heterocycles. The first-order chi connectivity index (χ1) is 10.7. The second-order valence-electron chi connectivity index (χ2n) is 5.72. The van der Waals surface area contributed by atoms with E-state index in [-0.39, 0.29) is 0 Å². The number of hydrogen-bond acceptors (Lipinski definition) is 2. The van der Waals surface area contributed by atoms with Gasteiger partial charge < -0.3 is 15.4 Å². The number of ether oxygens (including phenoxy) is 1. The van der Waals surface area contributed by atoms with Crippen molar-refractivity contribution in [3.63, 3.8) is 0 Å². The molecule has 0 spiro atoms. The van der Waals surface area contributed by atoms with Gasteiger partial charge in [0.25, 0.3) is 0 Å². The minimum absolute atomic E-state index is 0.471. The average molecular weight is 301 g/mol. The highest BCUT2D eigenvalue weighted by Crippen LogP contribution is 2.15. The smallest absolute Gasteiger partial charge is 0.191 e. The Bertz CT molecular complexity index is 509. The van der Waals surface area contributed by atoms with Crippen LogP contribution in [0.1, 0.15) is 30.9 Å². The van der Waals surface area contributed by atoms with Gasteiger partial charge in [-0.2, -0.15) is 0 Å². The molecule has 1 aliphatic carbocycles. The lowest BCUT2D eigenvalue weighted by Gasteiger charge is -2.16. The summed E-state index contributed by atoms with van der Waals surface area (Å²) in [5.41, 5.74) is 2.45. The molecule has 1 aromatic rings. The van der Waals surface area contributed by atoms with Crippen molar-refractivity contribution < 1.29 is 4.74 Å². The van der Waals surface area contributed by atoms with Gasteiger partial charge in [-0.3, -0.25) is 0 Å². The van der Waals surface area contributed by atoms with E-state index in [2.05, 4.69) is 66.7 Å². The number of benzene rings is 1. The number of nitrogens with one attached hydrogen (secondary N) is 2. The van der Waals surface area contributed by atoms with Crippen LogP contribution in [0.4, 0.5) is 0 Å². The zero-order valence-electron chi connectivity index (χ0n) is 13.9. The van der Waals surface area contributed by atoms with Gasteiger partial charge in [0.2, 0.25) is 0 Å². The molecule has 0 saturated heterocycles. The predicted octanol–water partition coefficient (Wildman–Crippen LogP) is 2.96. The van der Waals surface area contributed by atoms with Crippen molar-refractivity contribution in [3.8, 4) is 5.75 Å². The van der Waals surface area contributed by atoms with Crippen LogP contribution in [0, 0.1) is 13.8 Å². The van der Waals surface area contributed by atoms with Crippen LogP contribution in [0.25, 0.3) is 0 Å². The molecule has 1 aromatic carbocycles. The Morgan fingerprint density at radius 3 is 2.50 bits per heavy atom. The molecule has 0 radical (unpaired) electrons. The van der Waals surface area contributed by atoms with Gasteiger partial charge in [0.15, 0.2) is 5.96 Å². The van der Waals surface area contributed by atoms with Crippen LogP contribution in [-0.4, -0.2) is 31.7 Å². The van der Waals surface area contributed by atoms with Crippen molar-refractivity contribution in [2.24, 2.45) is 4.99 Å². The summed E-state index contributed by atoms with van der Waals surface area (Å²) in [7, 11) is 0. The molecule has 0 saturated carbocycles. The summed E-state index contributed by atoms with van der Waals surface area (Å²) in [5, 5.41) is 6.74. The quantitative estimate of drug-likeness (QED) is 0.367. The Labute approximate surface area is 133 Å². The number of rotatable bonds is 6. The fourth-order valence-corrected chi connectivity index (χ4v) is 2.59. The van der Waals surface area contributed by atoms with Crippen molar-refractivity contribution >= 4 is 5.96 Å². The van der Waals surface area contributed by atoms with E-state index in [0.717, 1.165) is 31.1 Å². The van der Waals surface area contributed by atoms with Gasteiger partial charge in [-0.1, -0.05) is 18.2 Å². The standard InChI is InChI=1S/C18H27N3O/c1-4-19-18(21-16-7-5-6-8-16)20-9-10-22-17-12-14(2)11-15(3)13-17/h5-6,11-13,16H,4,7-10H2,1-3H3,(H2,19,20,21). The summed E-state index contributed by atoms with van der Waals surface area (Å²) >= 11 is 0. The van der Waals surface area contributed by atoms with Gasteiger partial charge in [0.1, 0.15) is 12.4 Å². The predicted molar refractivity (Wildman–Crippen MR) is 92.7 cm³/mol. The largest absolute Gasteiger partial charge is 0.492 e. The summed E-state index contributed by atoms with van der Waals surface area (Å²) in [6.45, 7) is 8.34. The number of aryl methyl sites for hydroxylation is 2. The van der Waals surface area contributed by atoms with Gasteiger partial charge >= 0.3 is 0 Å². The van der Waals surface area contributed by atoms with Crippen molar-refractivity contribution in [2.75, 3.05) is 19.7 Å². The van der Waals surface area contributed by atoms with E-state index in [0.29, 0.717) is 19.2 Å². The van der Waals surface area contributed by atoms with Crippen LogP contribution >= 0.6 is 0 Å². The summed E-state index contributed by atoms with van der Waals surface area (Å²) < 4.78 is 5.79. The summed E-state index contributed by atoms with van der Waals surface area (Å²) in [6, 6.07) is 6.74. The molecule has 0 amide bonds. The van der Waals surface area contributed by atoms with Gasteiger partial charge in [-0.15, -0.1) is 0 Å². The number of hydrogen-bond donors (Lipinski definition) is 2. The zero-order chi connectivity index (χ0) is 15.8. The fraction of sp³-hybridized carbons (Fsp3) is 0.500. The van der Waals surface area contributed by atoms with E-state index in [9.17, 15) is 0 Å². The van der Waals surface area contributed by atoms with Gasteiger partial charge in [0.05, 0.1) is 6.54 Å². The van der Waals surface area contributed by atoms with Crippen molar-refractivity contribution in [1.82, 2.24) is 10.6 Å². The van der Waals surface area contributed by atoms with E-state index in [1.165, 1.54) is 11.1 Å². The molecule has 2 N–H and O–H groups in total. The van der Waals surface area contributed by atoms with Crippen LogP contribution in [0.15, 0.2) is 35.3 Å². The van der Waals surface area contributed by atoms with Crippen LogP contribution in [-0.2, 0) is 0 Å². The Balaban J connectivity index is 1.80. The minimum Gasteiger partial charge on any atom is -0.492 e. The van der Waals surface area contributed by atoms with Crippen LogP contribution in [0.5, 0.6) is 5.75 Å². The van der Waals surface area contributed by atoms with Crippen LogP contribution in [0.3, 0.4) is 0 Å². The Morgan fingerprint density at radius 2 is 1.86 bits per heavy atom. The molecular weight excluding hydrogens is 274 g/mol. The minimum atomic E-state index is 0.471. The maximum atomic E-state index is 5.79. The molecule has 0 aromatic heterocycles. The molecule has 22 heavy (non-hydrogen) atoms. The van der Waals surface area contributed by atoms with E-state index in [4.69, 9.17) is 4.74 Å². The van der Waals surface area contributed by atoms with Crippen molar-refractivity contribution in [2.45, 2.75) is 39.7 Å². The van der Waals surface area contributed by atoms with Crippen molar-refractivity contribution in [1.29, 1.82) is 0 Å². The van der Waals surface area contributed by atoms with Crippen molar-refractivity contribution in [3.05, 3.63) is 41.5 Å². The summed E-state index contributed by atoms with van der Waals surface area (Å²) in [6.07, 6.45) is 6.57. The molecule has 0 atom stereocenters. The number of nitrogens with zero attached hydrogens (tertiary/aromatic N) is 1. The first-order valence-corrected chi connectivity index (χ1v) is 8.08. The summed E-state index contributed by atoms with van der Waals surface area (Å²) in [5.74, 6) is 1.80. The molecule has 0 fully saturated rings. The summed E-state index contributed by atoms with van der Waals surface area (Å²) in [4.78, 5) is 4.58. The Kier molecular flexibility index (Phi) is 6.31. The topological polar surface area (TPSA) is 45.7 Å². The van der Waals surface area contributed by atoms with E-state index < -0.39 is 0 Å². The van der Waals surface area contributed by atoms with E-state index in [1.54, 1.807) is 0 Å². The maximum Gasteiger partial charge on any atom is 0.191 e. The molecule has 120 valence electrons. The number of aliphatic imine (C=N–C) groups is 1. The van der Waals surface area contributed by atoms with E-state index >= 15 is 0 Å². The maximum absolute atomic E-state index is 5.79. The molecule has 4 heteroatoms. The number of guanidine groups is 1. The average Bonchev–Trinajstić information content (AvgIpc) is 2.95. The molecule has 2 rings (SSSR count). The highest BCUT2D eigenvalue weighted by molar-refractivity contribution is 5.80. The third kappa shape index (κ3) is 5.43. The fourth-order valence-electron chi connectivity index (χ4n) is 2.59. The van der Waals surface area contributed by atoms with Gasteiger partial charge in [-0.05, 0) is 56.9 Å². The van der Waals surface area contributed by atoms with Gasteiger partial charge in [-0.25, -0.2) is 4.99 Å². The first-order valence-electron chi connectivity index (χ1n) is 8.08. The van der Waals surface area contributed by atoms with Crippen LogP contribution in [0.2, 0.25) is 0 Å². The Morgan fingerprint density at radius 1 is 1.18 bits per heavy atom. The SMILES string of the molecule is CCNC(=NCCOc1cc(C)cc(C)c1)NC1CC=CC1. The highest BCUT2D eigenvalue weighted by atomic mass is 16.5.